The molecule has 0 aliphatic heterocycles. The standard InChI is InChI=1S/C29H35N7O3/c1-18-8-6-7-9-23(18)36-29(37)33-28(34-36)26(32-22-13-10-20(11-14-22)27(30)31)21-12-15-24(25(16-21)38-5)39-19(2)17-35(3)4/h6-16,19,26,32H,17H2,1-5H3,(H3,30,31)(H,33,34,37). The molecule has 5 N–H and O–H groups in total. The molecule has 10 nitrogen and oxygen atoms in total. The third-order valence-electron chi connectivity index (χ3n) is 6.23. The van der Waals surface area contributed by atoms with Crippen LogP contribution in [-0.4, -0.2) is 59.4 Å². The maximum absolute atomic E-state index is 13.0. The third kappa shape index (κ3) is 6.47. The van der Waals surface area contributed by atoms with E-state index >= 15 is 0 Å². The Kier molecular flexibility index (Phi) is 8.36. The summed E-state index contributed by atoms with van der Waals surface area (Å²) in [7, 11) is 5.59. The first kappa shape index (κ1) is 27.5. The average molecular weight is 530 g/mol. The molecule has 1 aromatic heterocycles. The molecule has 4 aromatic rings. The summed E-state index contributed by atoms with van der Waals surface area (Å²) < 4.78 is 13.2. The first-order valence-electron chi connectivity index (χ1n) is 12.6. The molecule has 1 heterocycles. The van der Waals surface area contributed by atoms with E-state index in [0.717, 1.165) is 23.4 Å². The average Bonchev–Trinajstić information content (AvgIpc) is 3.28. The van der Waals surface area contributed by atoms with Crippen molar-refractivity contribution in [3.63, 3.8) is 0 Å². The Bertz CT molecular complexity index is 1490. The second-order valence-electron chi connectivity index (χ2n) is 9.68. The second-order valence-corrected chi connectivity index (χ2v) is 9.68. The van der Waals surface area contributed by atoms with E-state index in [-0.39, 0.29) is 17.6 Å². The lowest BCUT2D eigenvalue weighted by Crippen LogP contribution is -2.28. The van der Waals surface area contributed by atoms with Crippen LogP contribution in [0.2, 0.25) is 0 Å². The topological polar surface area (TPSA) is 134 Å². The van der Waals surface area contributed by atoms with Crippen LogP contribution >= 0.6 is 0 Å². The van der Waals surface area contributed by atoms with E-state index < -0.39 is 6.04 Å². The Morgan fingerprint density at radius 3 is 2.49 bits per heavy atom. The summed E-state index contributed by atoms with van der Waals surface area (Å²) in [5, 5.41) is 15.8. The van der Waals surface area contributed by atoms with Crippen molar-refractivity contribution in [1.29, 1.82) is 5.41 Å². The van der Waals surface area contributed by atoms with Gasteiger partial charge in [-0.15, -0.1) is 5.10 Å². The number of nitrogens with zero attached hydrogens (tertiary/aromatic N) is 3. The van der Waals surface area contributed by atoms with Crippen molar-refractivity contribution < 1.29 is 9.47 Å². The number of anilines is 1. The molecule has 0 aliphatic carbocycles. The monoisotopic (exact) mass is 529 g/mol. The Balaban J connectivity index is 1.75. The minimum atomic E-state index is -0.534. The molecule has 2 atom stereocenters. The number of H-pyrrole nitrogens is 1. The first-order valence-corrected chi connectivity index (χ1v) is 12.6. The summed E-state index contributed by atoms with van der Waals surface area (Å²) in [6.45, 7) is 4.69. The Morgan fingerprint density at radius 1 is 1.13 bits per heavy atom. The number of nitrogens with one attached hydrogen (secondary N) is 3. The maximum atomic E-state index is 13.0. The molecule has 0 bridgehead atoms. The van der Waals surface area contributed by atoms with Gasteiger partial charge in [0.25, 0.3) is 0 Å². The van der Waals surface area contributed by atoms with Crippen LogP contribution < -0.4 is 26.2 Å². The van der Waals surface area contributed by atoms with Crippen molar-refractivity contribution in [2.24, 2.45) is 5.73 Å². The normalized spacial score (nSPS) is 12.7. The van der Waals surface area contributed by atoms with Crippen molar-refractivity contribution in [2.75, 3.05) is 33.1 Å². The smallest absolute Gasteiger partial charge is 0.348 e. The van der Waals surface area contributed by atoms with Gasteiger partial charge in [0, 0.05) is 17.8 Å². The molecule has 0 saturated carbocycles. The first-order chi connectivity index (χ1) is 18.7. The Labute approximate surface area is 227 Å². The van der Waals surface area contributed by atoms with Crippen LogP contribution in [0.25, 0.3) is 5.69 Å². The fourth-order valence-corrected chi connectivity index (χ4v) is 4.39. The van der Waals surface area contributed by atoms with Gasteiger partial charge in [-0.05, 0) is 81.5 Å². The molecule has 204 valence electrons. The summed E-state index contributed by atoms with van der Waals surface area (Å²) in [6, 6.07) is 19.9. The number of aromatic amines is 1. The van der Waals surface area contributed by atoms with Gasteiger partial charge in [0.15, 0.2) is 17.3 Å². The molecular weight excluding hydrogens is 494 g/mol. The molecule has 0 spiro atoms. The number of aromatic nitrogens is 3. The quantitative estimate of drug-likeness (QED) is 0.172. The van der Waals surface area contributed by atoms with Gasteiger partial charge in [0.05, 0.1) is 12.8 Å². The summed E-state index contributed by atoms with van der Waals surface area (Å²) in [4.78, 5) is 18.0. The SMILES string of the molecule is COc1cc(C(Nc2ccc(C(=N)N)cc2)c2nn(-c3ccccc3C)c(=O)[nH]2)ccc1OC(C)CN(C)C. The molecular formula is C29H35N7O3. The fourth-order valence-electron chi connectivity index (χ4n) is 4.39. The molecule has 2 unspecified atom stereocenters. The van der Waals surface area contributed by atoms with Crippen LogP contribution in [0.3, 0.4) is 0 Å². The number of nitrogens with two attached hydrogens (primary N) is 1. The maximum Gasteiger partial charge on any atom is 0.348 e. The molecule has 10 heteroatoms. The zero-order valence-electron chi connectivity index (χ0n) is 22.9. The van der Waals surface area contributed by atoms with Gasteiger partial charge >= 0.3 is 5.69 Å². The van der Waals surface area contributed by atoms with E-state index in [1.54, 1.807) is 19.2 Å². The lowest BCUT2D eigenvalue weighted by Gasteiger charge is -2.22. The minimum Gasteiger partial charge on any atom is -0.493 e. The van der Waals surface area contributed by atoms with Gasteiger partial charge in [-0.2, -0.15) is 4.68 Å². The van der Waals surface area contributed by atoms with E-state index in [9.17, 15) is 4.79 Å². The van der Waals surface area contributed by atoms with E-state index in [1.165, 1.54) is 4.68 Å². The number of aryl methyl sites for hydroxylation is 1. The fraction of sp³-hybridized carbons (Fsp3) is 0.276. The van der Waals surface area contributed by atoms with Crippen molar-refractivity contribution in [3.05, 3.63) is 99.7 Å². The number of benzene rings is 3. The Hall–Kier alpha value is -4.57. The second kappa shape index (κ2) is 11.9. The molecule has 0 saturated heterocycles. The van der Waals surface area contributed by atoms with Crippen LogP contribution in [0.5, 0.6) is 11.5 Å². The number of rotatable bonds is 11. The highest BCUT2D eigenvalue weighted by Gasteiger charge is 2.23. The lowest BCUT2D eigenvalue weighted by molar-refractivity contribution is 0.171. The van der Waals surface area contributed by atoms with Gasteiger partial charge in [-0.1, -0.05) is 24.3 Å². The largest absolute Gasteiger partial charge is 0.493 e. The van der Waals surface area contributed by atoms with E-state index in [2.05, 4.69) is 20.3 Å². The number of ether oxygens (including phenoxy) is 2. The summed E-state index contributed by atoms with van der Waals surface area (Å²) in [5.74, 6) is 1.61. The third-order valence-corrected chi connectivity index (χ3v) is 6.23. The summed E-state index contributed by atoms with van der Waals surface area (Å²) in [5.41, 5.74) is 9.09. The highest BCUT2D eigenvalue weighted by molar-refractivity contribution is 5.95. The number of likely N-dealkylation sites (N-methyl/N-ethyl adjacent to an activating group) is 1. The van der Waals surface area contributed by atoms with Crippen LogP contribution in [0.4, 0.5) is 5.69 Å². The predicted octanol–water partition coefficient (Wildman–Crippen LogP) is 3.69. The highest BCUT2D eigenvalue weighted by Crippen LogP contribution is 2.34. The van der Waals surface area contributed by atoms with Gasteiger partial charge in [-0.3, -0.25) is 10.4 Å². The number of hydrogen-bond donors (Lipinski definition) is 4. The van der Waals surface area contributed by atoms with Crippen molar-refractivity contribution in [2.45, 2.75) is 26.0 Å². The Morgan fingerprint density at radius 2 is 1.85 bits per heavy atom. The molecule has 3 aromatic carbocycles. The molecule has 0 radical (unpaired) electrons. The van der Waals surface area contributed by atoms with E-state index in [4.69, 9.17) is 20.6 Å². The number of methoxy groups -OCH3 is 1. The van der Waals surface area contributed by atoms with Crippen LogP contribution in [0.1, 0.15) is 35.5 Å². The van der Waals surface area contributed by atoms with Crippen molar-refractivity contribution in [1.82, 2.24) is 19.7 Å². The zero-order chi connectivity index (χ0) is 28.1. The van der Waals surface area contributed by atoms with Gasteiger partial charge in [-0.25, -0.2) is 4.79 Å². The molecule has 4 rings (SSSR count). The summed E-state index contributed by atoms with van der Waals surface area (Å²) in [6.07, 6.45) is -0.0466. The molecule has 0 fully saturated rings. The predicted molar refractivity (Wildman–Crippen MR) is 153 cm³/mol. The number of amidine groups is 1. The molecule has 0 amide bonds. The number of para-hydroxylation sites is 1. The van der Waals surface area contributed by atoms with E-state index in [1.807, 2.05) is 82.5 Å². The van der Waals surface area contributed by atoms with Crippen molar-refractivity contribution in [3.8, 4) is 17.2 Å². The van der Waals surface area contributed by atoms with Gasteiger partial charge < -0.3 is 25.4 Å². The molecule has 39 heavy (non-hydrogen) atoms. The zero-order valence-corrected chi connectivity index (χ0v) is 22.9. The number of hydrogen-bond acceptors (Lipinski definition) is 7. The number of nitrogen functional groups attached to an aromatic ring is 1. The van der Waals surface area contributed by atoms with Crippen LogP contribution in [0, 0.1) is 12.3 Å². The van der Waals surface area contributed by atoms with Gasteiger partial charge in [0.1, 0.15) is 18.0 Å². The van der Waals surface area contributed by atoms with Crippen LogP contribution in [0.15, 0.2) is 71.5 Å². The van der Waals surface area contributed by atoms with Gasteiger partial charge in [0.2, 0.25) is 0 Å². The highest BCUT2D eigenvalue weighted by atomic mass is 16.5. The van der Waals surface area contributed by atoms with Crippen LogP contribution in [-0.2, 0) is 0 Å². The van der Waals surface area contributed by atoms with Crippen molar-refractivity contribution >= 4 is 11.5 Å². The molecule has 0 aliphatic rings. The van der Waals surface area contributed by atoms with E-state index in [0.29, 0.717) is 28.6 Å². The lowest BCUT2D eigenvalue weighted by atomic mass is 10.0. The minimum absolute atomic E-state index is 0.0109. The summed E-state index contributed by atoms with van der Waals surface area (Å²) >= 11 is 0.